The molecule has 0 aliphatic heterocycles. The molecule has 0 saturated heterocycles. The highest BCUT2D eigenvalue weighted by Crippen LogP contribution is 2.34. The number of para-hydroxylation sites is 1. The first-order chi connectivity index (χ1) is 9.09. The average molecular weight is 277 g/mol. The fraction of sp³-hybridized carbons (Fsp3) is 0.143. The molecule has 1 atom stereocenters. The summed E-state index contributed by atoms with van der Waals surface area (Å²) in [6.07, 6.45) is 0. The summed E-state index contributed by atoms with van der Waals surface area (Å²) >= 11 is 6.04. The molecule has 19 heavy (non-hydrogen) atoms. The van der Waals surface area contributed by atoms with Crippen molar-refractivity contribution in [3.05, 3.63) is 69.2 Å². The lowest BCUT2D eigenvalue weighted by molar-refractivity contribution is -0.384. The van der Waals surface area contributed by atoms with Gasteiger partial charge in [0.05, 0.1) is 9.95 Å². The van der Waals surface area contributed by atoms with E-state index in [0.717, 1.165) is 5.56 Å². The van der Waals surface area contributed by atoms with E-state index < -0.39 is 4.92 Å². The molecule has 2 aromatic carbocycles. The van der Waals surface area contributed by atoms with Crippen LogP contribution in [-0.4, -0.2) is 4.92 Å². The van der Waals surface area contributed by atoms with Gasteiger partial charge in [0.1, 0.15) is 5.69 Å². The number of hydrogen-bond acceptors (Lipinski definition) is 3. The van der Waals surface area contributed by atoms with E-state index in [1.807, 2.05) is 37.3 Å². The molecule has 0 heterocycles. The van der Waals surface area contributed by atoms with Gasteiger partial charge < -0.3 is 5.32 Å². The van der Waals surface area contributed by atoms with Crippen LogP contribution in [0.5, 0.6) is 0 Å². The molecule has 0 aromatic heterocycles. The molecule has 0 spiro atoms. The van der Waals surface area contributed by atoms with Gasteiger partial charge in [-0.15, -0.1) is 0 Å². The number of nitrogens with one attached hydrogen (secondary N) is 1. The summed E-state index contributed by atoms with van der Waals surface area (Å²) in [5.41, 5.74) is 1.37. The SMILES string of the molecule is CC(Nc1c(Cl)cccc1[N+](=O)[O-])c1ccccc1. The largest absolute Gasteiger partial charge is 0.372 e. The van der Waals surface area contributed by atoms with Crippen molar-refractivity contribution < 1.29 is 4.92 Å². The summed E-state index contributed by atoms with van der Waals surface area (Å²) in [4.78, 5) is 10.6. The maximum absolute atomic E-state index is 11.0. The zero-order valence-corrected chi connectivity index (χ0v) is 11.1. The highest BCUT2D eigenvalue weighted by atomic mass is 35.5. The minimum atomic E-state index is -0.439. The predicted octanol–water partition coefficient (Wildman–Crippen LogP) is 4.42. The van der Waals surface area contributed by atoms with E-state index in [9.17, 15) is 10.1 Å². The smallest absolute Gasteiger partial charge is 0.293 e. The van der Waals surface area contributed by atoms with Gasteiger partial charge in [-0.2, -0.15) is 0 Å². The summed E-state index contributed by atoms with van der Waals surface area (Å²) in [5.74, 6) is 0. The molecular weight excluding hydrogens is 264 g/mol. The Morgan fingerprint density at radius 2 is 1.84 bits per heavy atom. The summed E-state index contributed by atoms with van der Waals surface area (Å²) in [5, 5.41) is 14.4. The molecule has 4 nitrogen and oxygen atoms in total. The van der Waals surface area contributed by atoms with Gasteiger partial charge in [0.15, 0.2) is 0 Å². The number of nitro benzene ring substituents is 1. The number of rotatable bonds is 4. The summed E-state index contributed by atoms with van der Waals surface area (Å²) < 4.78 is 0. The van der Waals surface area contributed by atoms with Crippen LogP contribution in [0, 0.1) is 10.1 Å². The summed E-state index contributed by atoms with van der Waals surface area (Å²) in [6, 6.07) is 14.3. The molecule has 1 unspecified atom stereocenters. The van der Waals surface area contributed by atoms with Crippen LogP contribution in [0.2, 0.25) is 5.02 Å². The number of benzene rings is 2. The molecule has 0 aliphatic carbocycles. The standard InChI is InChI=1S/C14H13ClN2O2/c1-10(11-6-3-2-4-7-11)16-14-12(15)8-5-9-13(14)17(18)19/h2-10,16H,1H3. The van der Waals surface area contributed by atoms with Crippen molar-refractivity contribution in [2.75, 3.05) is 5.32 Å². The number of halogens is 1. The van der Waals surface area contributed by atoms with E-state index in [0.29, 0.717) is 10.7 Å². The van der Waals surface area contributed by atoms with Crippen LogP contribution >= 0.6 is 11.6 Å². The highest BCUT2D eigenvalue weighted by molar-refractivity contribution is 6.33. The maximum Gasteiger partial charge on any atom is 0.293 e. The Hall–Kier alpha value is -2.07. The third-order valence-corrected chi connectivity index (χ3v) is 3.16. The average Bonchev–Trinajstić information content (AvgIpc) is 2.41. The molecule has 2 rings (SSSR count). The van der Waals surface area contributed by atoms with Crippen LogP contribution in [0.4, 0.5) is 11.4 Å². The number of nitrogens with zero attached hydrogens (tertiary/aromatic N) is 1. The molecule has 0 bridgehead atoms. The second-order valence-corrected chi connectivity index (χ2v) is 4.57. The first kappa shape index (κ1) is 13.4. The topological polar surface area (TPSA) is 55.2 Å². The number of anilines is 1. The predicted molar refractivity (Wildman–Crippen MR) is 76.6 cm³/mol. The lowest BCUT2D eigenvalue weighted by atomic mass is 10.1. The van der Waals surface area contributed by atoms with E-state index in [1.54, 1.807) is 12.1 Å². The monoisotopic (exact) mass is 276 g/mol. The minimum absolute atomic E-state index is 0.0183. The Morgan fingerprint density at radius 1 is 1.16 bits per heavy atom. The van der Waals surface area contributed by atoms with E-state index >= 15 is 0 Å². The van der Waals surface area contributed by atoms with E-state index in [2.05, 4.69) is 5.32 Å². The molecule has 0 saturated carbocycles. The van der Waals surface area contributed by atoms with E-state index in [4.69, 9.17) is 11.6 Å². The zero-order valence-electron chi connectivity index (χ0n) is 10.3. The third kappa shape index (κ3) is 3.03. The quantitative estimate of drug-likeness (QED) is 0.664. The first-order valence-corrected chi connectivity index (χ1v) is 6.22. The van der Waals surface area contributed by atoms with Crippen molar-refractivity contribution in [1.82, 2.24) is 0 Å². The molecule has 1 N–H and O–H groups in total. The van der Waals surface area contributed by atoms with Crippen molar-refractivity contribution in [1.29, 1.82) is 0 Å². The maximum atomic E-state index is 11.0. The van der Waals surface area contributed by atoms with E-state index in [1.165, 1.54) is 6.07 Å². The van der Waals surface area contributed by atoms with Crippen molar-refractivity contribution in [3.8, 4) is 0 Å². The van der Waals surface area contributed by atoms with Gasteiger partial charge >= 0.3 is 0 Å². The van der Waals surface area contributed by atoms with Gasteiger partial charge in [-0.25, -0.2) is 0 Å². The summed E-state index contributed by atoms with van der Waals surface area (Å²) in [6.45, 7) is 1.93. The van der Waals surface area contributed by atoms with Crippen LogP contribution in [0.3, 0.4) is 0 Å². The molecular formula is C14H13ClN2O2. The lowest BCUT2D eigenvalue weighted by Crippen LogP contribution is -2.08. The van der Waals surface area contributed by atoms with Crippen LogP contribution in [0.1, 0.15) is 18.5 Å². The third-order valence-electron chi connectivity index (χ3n) is 2.85. The Labute approximate surface area is 116 Å². The molecule has 0 fully saturated rings. The Kier molecular flexibility index (Phi) is 4.02. The molecule has 0 aliphatic rings. The first-order valence-electron chi connectivity index (χ1n) is 5.84. The minimum Gasteiger partial charge on any atom is -0.372 e. The van der Waals surface area contributed by atoms with Gasteiger partial charge in [0.2, 0.25) is 0 Å². The molecule has 2 aromatic rings. The molecule has 0 amide bonds. The second kappa shape index (κ2) is 5.71. The van der Waals surface area contributed by atoms with Gasteiger partial charge in [-0.3, -0.25) is 10.1 Å². The van der Waals surface area contributed by atoms with Crippen molar-refractivity contribution in [2.24, 2.45) is 0 Å². The van der Waals surface area contributed by atoms with Crippen molar-refractivity contribution in [3.63, 3.8) is 0 Å². The lowest BCUT2D eigenvalue weighted by Gasteiger charge is -2.16. The van der Waals surface area contributed by atoms with Gasteiger partial charge in [0.25, 0.3) is 5.69 Å². The Bertz CT molecular complexity index is 587. The van der Waals surface area contributed by atoms with Crippen LogP contribution in [-0.2, 0) is 0 Å². The second-order valence-electron chi connectivity index (χ2n) is 4.17. The van der Waals surface area contributed by atoms with E-state index in [-0.39, 0.29) is 11.7 Å². The fourth-order valence-corrected chi connectivity index (χ4v) is 2.07. The number of hydrogen-bond donors (Lipinski definition) is 1. The van der Waals surface area contributed by atoms with Crippen LogP contribution < -0.4 is 5.32 Å². The van der Waals surface area contributed by atoms with Gasteiger partial charge in [-0.1, -0.05) is 48.0 Å². The van der Waals surface area contributed by atoms with Gasteiger partial charge in [0, 0.05) is 12.1 Å². The van der Waals surface area contributed by atoms with Crippen molar-refractivity contribution >= 4 is 23.0 Å². The van der Waals surface area contributed by atoms with Crippen molar-refractivity contribution in [2.45, 2.75) is 13.0 Å². The molecule has 0 radical (unpaired) electrons. The zero-order chi connectivity index (χ0) is 13.8. The fourth-order valence-electron chi connectivity index (χ4n) is 1.85. The summed E-state index contributed by atoms with van der Waals surface area (Å²) in [7, 11) is 0. The Balaban J connectivity index is 2.31. The molecule has 98 valence electrons. The number of nitro groups is 1. The normalized spacial score (nSPS) is 11.9. The van der Waals surface area contributed by atoms with Crippen LogP contribution in [0.25, 0.3) is 0 Å². The van der Waals surface area contributed by atoms with Gasteiger partial charge in [-0.05, 0) is 18.6 Å². The molecule has 5 heteroatoms. The van der Waals surface area contributed by atoms with Crippen LogP contribution in [0.15, 0.2) is 48.5 Å². The Morgan fingerprint density at radius 3 is 2.47 bits per heavy atom. The highest BCUT2D eigenvalue weighted by Gasteiger charge is 2.18.